The number of amides is 1. The van der Waals surface area contributed by atoms with E-state index in [-0.39, 0.29) is 11.9 Å². The molecule has 0 aliphatic carbocycles. The van der Waals surface area contributed by atoms with Gasteiger partial charge >= 0.3 is 0 Å². The highest BCUT2D eigenvalue weighted by molar-refractivity contribution is 5.92. The van der Waals surface area contributed by atoms with Crippen LogP contribution >= 0.6 is 0 Å². The van der Waals surface area contributed by atoms with Crippen molar-refractivity contribution in [3.8, 4) is 0 Å². The summed E-state index contributed by atoms with van der Waals surface area (Å²) in [7, 11) is 0. The van der Waals surface area contributed by atoms with Crippen LogP contribution < -0.4 is 11.5 Å². The van der Waals surface area contributed by atoms with Gasteiger partial charge in [-0.05, 0) is 24.6 Å². The summed E-state index contributed by atoms with van der Waals surface area (Å²) in [5.74, 6) is -0.847. The zero-order valence-electron chi connectivity index (χ0n) is 9.53. The van der Waals surface area contributed by atoms with Crippen LogP contribution in [-0.4, -0.2) is 29.9 Å². The van der Waals surface area contributed by atoms with Crippen LogP contribution in [0.3, 0.4) is 0 Å². The van der Waals surface area contributed by atoms with E-state index in [0.717, 1.165) is 19.5 Å². The summed E-state index contributed by atoms with van der Waals surface area (Å²) in [6, 6.07) is 4.36. The Hall–Kier alpha value is -1.46. The Morgan fingerprint density at radius 2 is 2.29 bits per heavy atom. The monoisotopic (exact) mass is 237 g/mol. The van der Waals surface area contributed by atoms with Crippen LogP contribution in [0.2, 0.25) is 0 Å². The van der Waals surface area contributed by atoms with Gasteiger partial charge in [0.15, 0.2) is 0 Å². The number of hydrogen-bond donors (Lipinski definition) is 2. The van der Waals surface area contributed by atoms with Gasteiger partial charge in [-0.25, -0.2) is 4.39 Å². The molecule has 92 valence electrons. The number of likely N-dealkylation sites (tertiary alicyclic amines) is 1. The second-order valence-corrected chi connectivity index (χ2v) is 4.45. The molecule has 1 unspecified atom stereocenters. The molecule has 1 atom stereocenters. The molecule has 1 aliphatic heterocycles. The van der Waals surface area contributed by atoms with Gasteiger partial charge < -0.3 is 11.5 Å². The Bertz CT molecular complexity index is 436. The summed E-state index contributed by atoms with van der Waals surface area (Å²) in [6.07, 6.45) is 0.928. The maximum absolute atomic E-state index is 13.6. The summed E-state index contributed by atoms with van der Waals surface area (Å²) in [5.41, 5.74) is 11.8. The lowest BCUT2D eigenvalue weighted by atomic mass is 10.1. The topological polar surface area (TPSA) is 72.4 Å². The van der Waals surface area contributed by atoms with Crippen LogP contribution in [0.4, 0.5) is 4.39 Å². The molecule has 0 saturated carbocycles. The lowest BCUT2D eigenvalue weighted by molar-refractivity contribution is 0.1000. The fraction of sp³-hybridized carbons (Fsp3) is 0.417. The molecule has 1 heterocycles. The van der Waals surface area contributed by atoms with Crippen molar-refractivity contribution in [3.63, 3.8) is 0 Å². The number of benzene rings is 1. The van der Waals surface area contributed by atoms with Crippen molar-refractivity contribution in [2.75, 3.05) is 13.1 Å². The molecule has 4 nitrogen and oxygen atoms in total. The van der Waals surface area contributed by atoms with Crippen LogP contribution in [0.5, 0.6) is 0 Å². The second kappa shape index (κ2) is 4.81. The molecule has 0 spiro atoms. The number of primary amides is 1. The van der Waals surface area contributed by atoms with Crippen LogP contribution in [0.25, 0.3) is 0 Å². The Morgan fingerprint density at radius 3 is 2.88 bits per heavy atom. The number of nitrogens with zero attached hydrogens (tertiary/aromatic N) is 1. The van der Waals surface area contributed by atoms with Gasteiger partial charge in [0, 0.05) is 36.8 Å². The van der Waals surface area contributed by atoms with Crippen molar-refractivity contribution < 1.29 is 9.18 Å². The first-order valence-electron chi connectivity index (χ1n) is 5.62. The van der Waals surface area contributed by atoms with Gasteiger partial charge in [-0.3, -0.25) is 9.69 Å². The molecule has 0 aromatic heterocycles. The van der Waals surface area contributed by atoms with Gasteiger partial charge in [0.25, 0.3) is 0 Å². The molecular weight excluding hydrogens is 221 g/mol. The molecule has 5 heteroatoms. The molecule has 1 aliphatic rings. The Morgan fingerprint density at radius 1 is 1.53 bits per heavy atom. The highest BCUT2D eigenvalue weighted by Crippen LogP contribution is 2.16. The van der Waals surface area contributed by atoms with Gasteiger partial charge in [-0.1, -0.05) is 0 Å². The highest BCUT2D eigenvalue weighted by atomic mass is 19.1. The van der Waals surface area contributed by atoms with E-state index in [9.17, 15) is 9.18 Å². The number of rotatable bonds is 3. The predicted octanol–water partition coefficient (Wildman–Crippen LogP) is 0.458. The molecule has 1 amide bonds. The minimum Gasteiger partial charge on any atom is -0.366 e. The third kappa shape index (κ3) is 2.81. The van der Waals surface area contributed by atoms with Crippen LogP contribution in [0, 0.1) is 5.82 Å². The first-order valence-corrected chi connectivity index (χ1v) is 5.62. The lowest BCUT2D eigenvalue weighted by Gasteiger charge is -2.16. The molecule has 1 aromatic rings. The Labute approximate surface area is 99.4 Å². The van der Waals surface area contributed by atoms with Crippen molar-refractivity contribution in [1.82, 2.24) is 4.90 Å². The second-order valence-electron chi connectivity index (χ2n) is 4.45. The van der Waals surface area contributed by atoms with Gasteiger partial charge in [0.05, 0.1) is 0 Å². The quantitative estimate of drug-likeness (QED) is 0.802. The smallest absolute Gasteiger partial charge is 0.248 e. The van der Waals surface area contributed by atoms with E-state index in [1.54, 1.807) is 0 Å². The number of halogens is 1. The zero-order valence-corrected chi connectivity index (χ0v) is 9.53. The third-order valence-electron chi connectivity index (χ3n) is 3.03. The number of nitrogens with two attached hydrogens (primary N) is 2. The number of hydrogen-bond acceptors (Lipinski definition) is 3. The van der Waals surface area contributed by atoms with Crippen LogP contribution in [0.15, 0.2) is 18.2 Å². The van der Waals surface area contributed by atoms with E-state index < -0.39 is 5.91 Å². The van der Waals surface area contributed by atoms with E-state index in [2.05, 4.69) is 4.90 Å². The van der Waals surface area contributed by atoms with Crippen molar-refractivity contribution in [2.45, 2.75) is 19.0 Å². The molecule has 0 bridgehead atoms. The molecule has 1 aromatic carbocycles. The summed E-state index contributed by atoms with van der Waals surface area (Å²) >= 11 is 0. The predicted molar refractivity (Wildman–Crippen MR) is 62.8 cm³/mol. The summed E-state index contributed by atoms with van der Waals surface area (Å²) in [6.45, 7) is 2.10. The van der Waals surface area contributed by atoms with Crippen molar-refractivity contribution >= 4 is 5.91 Å². The average molecular weight is 237 g/mol. The normalized spacial score (nSPS) is 20.7. The molecule has 1 fully saturated rings. The fourth-order valence-corrected chi connectivity index (χ4v) is 2.10. The average Bonchev–Trinajstić information content (AvgIpc) is 2.67. The maximum atomic E-state index is 13.6. The number of carbonyl (C=O) groups is 1. The standard InChI is InChI=1S/C12H16FN3O/c13-11-2-1-8(12(15)17)5-9(11)6-16-4-3-10(14)7-16/h1-2,5,10H,3-4,6-7,14H2,(H2,15,17). The van der Waals surface area contributed by atoms with E-state index in [4.69, 9.17) is 11.5 Å². The SMILES string of the molecule is NC(=O)c1ccc(F)c(CN2CCC(N)C2)c1. The van der Waals surface area contributed by atoms with E-state index in [0.29, 0.717) is 17.7 Å². The van der Waals surface area contributed by atoms with E-state index >= 15 is 0 Å². The summed E-state index contributed by atoms with van der Waals surface area (Å²) in [5, 5.41) is 0. The molecule has 4 N–H and O–H groups in total. The third-order valence-corrected chi connectivity index (χ3v) is 3.03. The van der Waals surface area contributed by atoms with Crippen molar-refractivity contribution in [3.05, 3.63) is 35.1 Å². The van der Waals surface area contributed by atoms with Crippen molar-refractivity contribution in [1.29, 1.82) is 0 Å². The van der Waals surface area contributed by atoms with Crippen molar-refractivity contribution in [2.24, 2.45) is 11.5 Å². The summed E-state index contributed by atoms with van der Waals surface area (Å²) in [4.78, 5) is 13.1. The van der Waals surface area contributed by atoms with Gasteiger partial charge in [-0.2, -0.15) is 0 Å². The van der Waals surface area contributed by atoms with E-state index in [1.807, 2.05) is 0 Å². The van der Waals surface area contributed by atoms with Gasteiger partial charge in [0.1, 0.15) is 5.82 Å². The maximum Gasteiger partial charge on any atom is 0.248 e. The zero-order chi connectivity index (χ0) is 12.4. The minimum absolute atomic E-state index is 0.164. The van der Waals surface area contributed by atoms with Crippen LogP contribution in [0.1, 0.15) is 22.3 Å². The molecule has 0 radical (unpaired) electrons. The highest BCUT2D eigenvalue weighted by Gasteiger charge is 2.20. The molecular formula is C12H16FN3O. The Kier molecular flexibility index (Phi) is 3.40. The van der Waals surface area contributed by atoms with Gasteiger partial charge in [-0.15, -0.1) is 0 Å². The molecule has 2 rings (SSSR count). The lowest BCUT2D eigenvalue weighted by Crippen LogP contribution is -2.26. The molecule has 1 saturated heterocycles. The van der Waals surface area contributed by atoms with E-state index in [1.165, 1.54) is 18.2 Å². The van der Waals surface area contributed by atoms with Gasteiger partial charge in [0.2, 0.25) is 5.91 Å². The first kappa shape index (κ1) is 12.0. The molecule has 17 heavy (non-hydrogen) atoms. The minimum atomic E-state index is -0.538. The summed E-state index contributed by atoms with van der Waals surface area (Å²) < 4.78 is 13.6. The largest absolute Gasteiger partial charge is 0.366 e. The fourth-order valence-electron chi connectivity index (χ4n) is 2.10. The van der Waals surface area contributed by atoms with Crippen LogP contribution in [-0.2, 0) is 6.54 Å². The number of carbonyl (C=O) groups excluding carboxylic acids is 1. The Balaban J connectivity index is 2.14. The first-order chi connectivity index (χ1) is 8.06.